The van der Waals surface area contributed by atoms with Gasteiger partial charge in [0.25, 0.3) is 0 Å². The Morgan fingerprint density at radius 2 is 1.67 bits per heavy atom. The zero-order valence-corrected chi connectivity index (χ0v) is 19.0. The van der Waals surface area contributed by atoms with Crippen molar-refractivity contribution in [3.63, 3.8) is 0 Å². The van der Waals surface area contributed by atoms with E-state index in [2.05, 4.69) is 28.5 Å². The summed E-state index contributed by atoms with van der Waals surface area (Å²) in [5.74, 6) is 2.01. The Hall–Kier alpha value is -2.51. The van der Waals surface area contributed by atoms with Crippen LogP contribution in [0.5, 0.6) is 17.2 Å². The van der Waals surface area contributed by atoms with Crippen molar-refractivity contribution >= 4 is 23.0 Å². The fraction of sp³-hybridized carbons (Fsp3) is 0.435. The normalized spacial score (nSPS) is 14.8. The monoisotopic (exact) mass is 429 g/mol. The number of hydrogen-bond acceptors (Lipinski definition) is 5. The summed E-state index contributed by atoms with van der Waals surface area (Å²) in [5.41, 5.74) is 3.38. The number of nitrogens with zero attached hydrogens (tertiary/aromatic N) is 1. The molecular weight excluding hydrogens is 398 g/mol. The lowest BCUT2D eigenvalue weighted by Crippen LogP contribution is -2.45. The van der Waals surface area contributed by atoms with Crippen LogP contribution in [0.4, 0.5) is 5.69 Å². The van der Waals surface area contributed by atoms with Crippen LogP contribution >= 0.6 is 12.2 Å². The maximum atomic E-state index is 5.51. The first-order valence-electron chi connectivity index (χ1n) is 10.2. The van der Waals surface area contributed by atoms with E-state index in [0.29, 0.717) is 28.4 Å². The Balaban J connectivity index is 1.52. The van der Waals surface area contributed by atoms with Crippen LogP contribution in [0.3, 0.4) is 0 Å². The van der Waals surface area contributed by atoms with Crippen LogP contribution in [0.25, 0.3) is 0 Å². The van der Waals surface area contributed by atoms with Crippen molar-refractivity contribution < 1.29 is 14.2 Å². The summed E-state index contributed by atoms with van der Waals surface area (Å²) >= 11 is 5.51. The highest BCUT2D eigenvalue weighted by Crippen LogP contribution is 2.38. The molecule has 1 heterocycles. The lowest BCUT2D eigenvalue weighted by atomic mass is 10.0. The molecule has 0 amide bonds. The first kappa shape index (κ1) is 22.2. The number of likely N-dealkylation sites (tertiary alicyclic amines) is 1. The van der Waals surface area contributed by atoms with Crippen LogP contribution in [0.1, 0.15) is 24.0 Å². The van der Waals surface area contributed by atoms with Gasteiger partial charge in [0, 0.05) is 31.4 Å². The SMILES string of the molecule is COc1cc(CN2CCC(NC(=S)Nc3ccccc3C)CC2)cc(OC)c1OC. The molecule has 0 atom stereocenters. The average Bonchev–Trinajstić information content (AvgIpc) is 2.76. The minimum atomic E-state index is 0.380. The zero-order valence-electron chi connectivity index (χ0n) is 18.2. The third-order valence-electron chi connectivity index (χ3n) is 5.45. The molecule has 0 bridgehead atoms. The van der Waals surface area contributed by atoms with Gasteiger partial charge in [-0.2, -0.15) is 0 Å². The number of anilines is 1. The predicted molar refractivity (Wildman–Crippen MR) is 125 cm³/mol. The molecule has 0 saturated carbocycles. The van der Waals surface area contributed by atoms with E-state index in [1.54, 1.807) is 21.3 Å². The summed E-state index contributed by atoms with van der Waals surface area (Å²) in [7, 11) is 4.91. The van der Waals surface area contributed by atoms with E-state index in [1.165, 1.54) is 5.56 Å². The summed E-state index contributed by atoms with van der Waals surface area (Å²) < 4.78 is 16.4. The van der Waals surface area contributed by atoms with Gasteiger partial charge in [0.2, 0.25) is 5.75 Å². The van der Waals surface area contributed by atoms with Crippen molar-refractivity contribution in [1.82, 2.24) is 10.2 Å². The second-order valence-corrected chi connectivity index (χ2v) is 7.91. The zero-order chi connectivity index (χ0) is 21.5. The smallest absolute Gasteiger partial charge is 0.203 e. The number of thiocarbonyl (C=S) groups is 1. The highest BCUT2D eigenvalue weighted by Gasteiger charge is 2.21. The van der Waals surface area contributed by atoms with Gasteiger partial charge in [0.15, 0.2) is 16.6 Å². The van der Waals surface area contributed by atoms with Crippen molar-refractivity contribution in [2.75, 3.05) is 39.7 Å². The summed E-state index contributed by atoms with van der Waals surface area (Å²) in [6, 6.07) is 12.6. The van der Waals surface area contributed by atoms with Gasteiger partial charge in [-0.15, -0.1) is 0 Å². The van der Waals surface area contributed by atoms with Crippen LogP contribution in [0, 0.1) is 6.92 Å². The van der Waals surface area contributed by atoms with Crippen LogP contribution < -0.4 is 24.8 Å². The minimum absolute atomic E-state index is 0.380. The molecular formula is C23H31N3O3S. The molecule has 30 heavy (non-hydrogen) atoms. The molecule has 0 aromatic heterocycles. The van der Waals surface area contributed by atoms with E-state index in [0.717, 1.165) is 43.7 Å². The standard InChI is InChI=1S/C23H31N3O3S/c1-16-7-5-6-8-19(16)25-23(30)24-18-9-11-26(12-10-18)15-17-13-20(27-2)22(29-4)21(14-17)28-3/h5-8,13-14,18H,9-12,15H2,1-4H3,(H2,24,25,30). The number of ether oxygens (including phenoxy) is 3. The molecule has 1 aliphatic rings. The van der Waals surface area contributed by atoms with Crippen molar-refractivity contribution in [2.24, 2.45) is 0 Å². The van der Waals surface area contributed by atoms with Crippen LogP contribution in [0.15, 0.2) is 36.4 Å². The third kappa shape index (κ3) is 5.55. The quantitative estimate of drug-likeness (QED) is 0.646. The van der Waals surface area contributed by atoms with E-state index in [4.69, 9.17) is 26.4 Å². The first-order valence-corrected chi connectivity index (χ1v) is 10.6. The Morgan fingerprint density at radius 3 is 2.23 bits per heavy atom. The van der Waals surface area contributed by atoms with E-state index in [1.807, 2.05) is 30.3 Å². The molecule has 6 nitrogen and oxygen atoms in total. The van der Waals surface area contributed by atoms with Crippen molar-refractivity contribution in [1.29, 1.82) is 0 Å². The largest absolute Gasteiger partial charge is 0.493 e. The summed E-state index contributed by atoms with van der Waals surface area (Å²) in [6.07, 6.45) is 2.08. The van der Waals surface area contributed by atoms with Crippen molar-refractivity contribution in [2.45, 2.75) is 32.4 Å². The number of benzene rings is 2. The molecule has 0 radical (unpaired) electrons. The summed E-state index contributed by atoms with van der Waals surface area (Å²) in [4.78, 5) is 2.44. The van der Waals surface area contributed by atoms with Gasteiger partial charge in [-0.25, -0.2) is 0 Å². The predicted octanol–water partition coefficient (Wildman–Crippen LogP) is 3.97. The minimum Gasteiger partial charge on any atom is -0.493 e. The van der Waals surface area contributed by atoms with Crippen LogP contribution in [-0.4, -0.2) is 50.5 Å². The van der Waals surface area contributed by atoms with Gasteiger partial charge in [-0.1, -0.05) is 18.2 Å². The van der Waals surface area contributed by atoms with Gasteiger partial charge in [-0.05, 0) is 61.3 Å². The van der Waals surface area contributed by atoms with E-state index in [9.17, 15) is 0 Å². The summed E-state index contributed by atoms with van der Waals surface area (Å²) in [5, 5.41) is 7.47. The third-order valence-corrected chi connectivity index (χ3v) is 5.67. The molecule has 3 rings (SSSR count). The highest BCUT2D eigenvalue weighted by atomic mass is 32.1. The Labute approximate surface area is 184 Å². The fourth-order valence-corrected chi connectivity index (χ4v) is 4.05. The first-order chi connectivity index (χ1) is 14.5. The maximum absolute atomic E-state index is 5.51. The number of aryl methyl sites for hydroxylation is 1. The molecule has 162 valence electrons. The lowest BCUT2D eigenvalue weighted by Gasteiger charge is -2.33. The number of hydrogen-bond donors (Lipinski definition) is 2. The van der Waals surface area contributed by atoms with E-state index >= 15 is 0 Å². The number of methoxy groups -OCH3 is 3. The molecule has 1 aliphatic heterocycles. The van der Waals surface area contributed by atoms with Gasteiger partial charge in [0.1, 0.15) is 0 Å². The highest BCUT2D eigenvalue weighted by molar-refractivity contribution is 7.80. The molecule has 2 aromatic rings. The number of rotatable bonds is 7. The number of para-hydroxylation sites is 1. The van der Waals surface area contributed by atoms with Gasteiger partial charge in [0.05, 0.1) is 21.3 Å². The topological polar surface area (TPSA) is 55.0 Å². The van der Waals surface area contributed by atoms with Crippen molar-refractivity contribution in [3.05, 3.63) is 47.5 Å². The molecule has 1 saturated heterocycles. The molecule has 0 spiro atoms. The summed E-state index contributed by atoms with van der Waals surface area (Å²) in [6.45, 7) is 4.92. The van der Waals surface area contributed by atoms with Crippen molar-refractivity contribution in [3.8, 4) is 17.2 Å². The number of piperidine rings is 1. The van der Waals surface area contributed by atoms with Gasteiger partial charge < -0.3 is 24.8 Å². The Bertz CT molecular complexity index is 842. The molecule has 1 fully saturated rings. The Kier molecular flexibility index (Phi) is 7.76. The second kappa shape index (κ2) is 10.5. The van der Waals surface area contributed by atoms with Crippen LogP contribution in [-0.2, 0) is 6.54 Å². The van der Waals surface area contributed by atoms with E-state index < -0.39 is 0 Å². The Morgan fingerprint density at radius 1 is 1.03 bits per heavy atom. The molecule has 2 N–H and O–H groups in total. The van der Waals surface area contributed by atoms with E-state index in [-0.39, 0.29) is 0 Å². The molecule has 0 unspecified atom stereocenters. The van der Waals surface area contributed by atoms with Gasteiger partial charge in [-0.3, -0.25) is 4.90 Å². The molecule has 2 aromatic carbocycles. The second-order valence-electron chi connectivity index (χ2n) is 7.50. The molecule has 0 aliphatic carbocycles. The van der Waals surface area contributed by atoms with Gasteiger partial charge >= 0.3 is 0 Å². The molecule has 7 heteroatoms. The average molecular weight is 430 g/mol. The van der Waals surface area contributed by atoms with Crippen LogP contribution in [0.2, 0.25) is 0 Å². The maximum Gasteiger partial charge on any atom is 0.203 e. The number of nitrogens with one attached hydrogen (secondary N) is 2. The fourth-order valence-electron chi connectivity index (χ4n) is 3.78. The lowest BCUT2D eigenvalue weighted by molar-refractivity contribution is 0.198.